The molecule has 0 aliphatic rings. The molecule has 0 atom stereocenters. The molecule has 5 heteroatoms. The molecule has 0 spiro atoms. The zero-order chi connectivity index (χ0) is 21.7. The summed E-state index contributed by atoms with van der Waals surface area (Å²) < 4.78 is 4.35. The molecule has 0 saturated heterocycles. The van der Waals surface area contributed by atoms with Crippen LogP contribution in [0.1, 0.15) is 0 Å². The predicted octanol–water partition coefficient (Wildman–Crippen LogP) is 5.80. The van der Waals surface area contributed by atoms with Crippen LogP contribution in [0.4, 0.5) is 11.4 Å². The predicted molar refractivity (Wildman–Crippen MR) is 132 cm³/mol. The maximum absolute atomic E-state index is 6.84. The fourth-order valence-corrected chi connectivity index (χ4v) is 4.60. The van der Waals surface area contributed by atoms with Crippen LogP contribution in [0.25, 0.3) is 44.6 Å². The minimum absolute atomic E-state index is 0.691. The van der Waals surface area contributed by atoms with Crippen LogP contribution in [0, 0.1) is 0 Å². The van der Waals surface area contributed by atoms with E-state index in [1.54, 1.807) is 6.20 Å². The van der Waals surface area contributed by atoms with Crippen LogP contribution in [0.3, 0.4) is 0 Å². The monoisotopic (exact) mass is 415 g/mol. The molecule has 0 unspecified atom stereocenters. The number of benzene rings is 3. The molecule has 4 N–H and O–H groups in total. The van der Waals surface area contributed by atoms with Gasteiger partial charge in [-0.3, -0.25) is 4.98 Å². The van der Waals surface area contributed by atoms with Crippen molar-refractivity contribution in [3.8, 4) is 22.8 Å². The van der Waals surface area contributed by atoms with Crippen LogP contribution < -0.4 is 11.5 Å². The van der Waals surface area contributed by atoms with E-state index in [9.17, 15) is 0 Å². The van der Waals surface area contributed by atoms with E-state index < -0.39 is 0 Å². The lowest BCUT2D eigenvalue weighted by molar-refractivity contribution is 1.06. The number of rotatable bonds is 3. The number of aromatic nitrogens is 3. The molecule has 0 amide bonds. The largest absolute Gasteiger partial charge is 0.396 e. The number of para-hydroxylation sites is 3. The minimum atomic E-state index is 0.691. The average molecular weight is 416 g/mol. The highest BCUT2D eigenvalue weighted by molar-refractivity contribution is 6.09. The first-order valence-corrected chi connectivity index (χ1v) is 10.5. The fraction of sp³-hybridized carbons (Fsp3) is 0. The number of fused-ring (bicyclic) bond motifs is 2. The summed E-state index contributed by atoms with van der Waals surface area (Å²) in [6.45, 7) is 0. The maximum Gasteiger partial charge on any atom is 0.0964 e. The Labute approximate surface area is 185 Å². The van der Waals surface area contributed by atoms with E-state index in [0.717, 1.165) is 44.6 Å². The molecule has 0 fully saturated rings. The molecule has 6 aromatic rings. The SMILES string of the molecule is Nc1c(-c2c(N)c3ccccc3n2-c2cccnc2)n(-c2ccccc2)c2ccccc12. The summed E-state index contributed by atoms with van der Waals surface area (Å²) in [5, 5.41) is 1.98. The third kappa shape index (κ3) is 2.55. The van der Waals surface area contributed by atoms with Crippen LogP contribution in [0.5, 0.6) is 0 Å². The lowest BCUT2D eigenvalue weighted by Crippen LogP contribution is -2.05. The molecule has 0 radical (unpaired) electrons. The van der Waals surface area contributed by atoms with Gasteiger partial charge in [0.05, 0.1) is 45.7 Å². The van der Waals surface area contributed by atoms with Gasteiger partial charge >= 0.3 is 0 Å². The smallest absolute Gasteiger partial charge is 0.0964 e. The second-order valence-corrected chi connectivity index (χ2v) is 7.78. The lowest BCUT2D eigenvalue weighted by Gasteiger charge is -2.16. The molecular formula is C27H21N5. The first-order valence-electron chi connectivity index (χ1n) is 10.5. The number of nitrogen functional groups attached to an aromatic ring is 2. The van der Waals surface area contributed by atoms with Crippen molar-refractivity contribution >= 4 is 33.2 Å². The van der Waals surface area contributed by atoms with Crippen molar-refractivity contribution in [3.05, 3.63) is 103 Å². The Hall–Kier alpha value is -4.51. The summed E-state index contributed by atoms with van der Waals surface area (Å²) in [6, 6.07) is 30.6. The van der Waals surface area contributed by atoms with Crippen molar-refractivity contribution in [1.29, 1.82) is 0 Å². The van der Waals surface area contributed by atoms with Crippen LogP contribution in [0.2, 0.25) is 0 Å². The molecule has 5 nitrogen and oxygen atoms in total. The standard InChI is InChI=1S/C27H21N5/c28-24-20-12-4-6-14-22(20)31(18-9-2-1-3-10-18)26(24)27-25(29)21-13-5-7-15-23(21)32(27)19-11-8-16-30-17-19/h1-17H,28-29H2. The highest BCUT2D eigenvalue weighted by Crippen LogP contribution is 2.45. The van der Waals surface area contributed by atoms with Crippen molar-refractivity contribution in [3.63, 3.8) is 0 Å². The van der Waals surface area contributed by atoms with Gasteiger partial charge in [-0.05, 0) is 36.4 Å². The van der Waals surface area contributed by atoms with Gasteiger partial charge in [-0.1, -0.05) is 54.6 Å². The summed E-state index contributed by atoms with van der Waals surface area (Å²) in [7, 11) is 0. The number of nitrogens with zero attached hydrogens (tertiary/aromatic N) is 3. The lowest BCUT2D eigenvalue weighted by atomic mass is 10.1. The summed E-state index contributed by atoms with van der Waals surface area (Å²) in [6.07, 6.45) is 3.62. The number of nitrogens with two attached hydrogens (primary N) is 2. The van der Waals surface area contributed by atoms with Crippen molar-refractivity contribution in [1.82, 2.24) is 14.1 Å². The van der Waals surface area contributed by atoms with E-state index >= 15 is 0 Å². The molecule has 3 aromatic carbocycles. The molecule has 3 heterocycles. The Kier molecular flexibility index (Phi) is 4.01. The summed E-state index contributed by atoms with van der Waals surface area (Å²) in [5.41, 5.74) is 20.8. The second-order valence-electron chi connectivity index (χ2n) is 7.78. The molecule has 32 heavy (non-hydrogen) atoms. The summed E-state index contributed by atoms with van der Waals surface area (Å²) >= 11 is 0. The molecule has 0 aliphatic carbocycles. The van der Waals surface area contributed by atoms with Gasteiger partial charge in [-0.2, -0.15) is 0 Å². The fourth-order valence-electron chi connectivity index (χ4n) is 4.60. The summed E-state index contributed by atoms with van der Waals surface area (Å²) in [5.74, 6) is 0. The van der Waals surface area contributed by atoms with Crippen molar-refractivity contribution < 1.29 is 0 Å². The minimum Gasteiger partial charge on any atom is -0.396 e. The Balaban J connectivity index is 1.82. The van der Waals surface area contributed by atoms with Gasteiger partial charge < -0.3 is 20.6 Å². The van der Waals surface area contributed by atoms with E-state index in [1.807, 2.05) is 66.9 Å². The number of anilines is 2. The number of pyridine rings is 1. The van der Waals surface area contributed by atoms with E-state index in [-0.39, 0.29) is 0 Å². The zero-order valence-electron chi connectivity index (χ0n) is 17.3. The van der Waals surface area contributed by atoms with Gasteiger partial charge in [0.1, 0.15) is 0 Å². The third-order valence-electron chi connectivity index (χ3n) is 5.97. The number of hydrogen-bond donors (Lipinski definition) is 2. The Morgan fingerprint density at radius 2 is 1.03 bits per heavy atom. The molecule has 0 saturated carbocycles. The zero-order valence-corrected chi connectivity index (χ0v) is 17.3. The van der Waals surface area contributed by atoms with E-state index in [2.05, 4.69) is 44.5 Å². The number of hydrogen-bond acceptors (Lipinski definition) is 3. The van der Waals surface area contributed by atoms with Gasteiger partial charge in [0, 0.05) is 22.7 Å². The Bertz CT molecular complexity index is 1460. The van der Waals surface area contributed by atoms with E-state index in [1.165, 1.54) is 0 Å². The Morgan fingerprint density at radius 3 is 1.59 bits per heavy atom. The average Bonchev–Trinajstić information content (AvgIpc) is 3.31. The molecule has 0 bridgehead atoms. The molecule has 154 valence electrons. The highest BCUT2D eigenvalue weighted by Gasteiger charge is 2.25. The summed E-state index contributed by atoms with van der Waals surface area (Å²) in [4.78, 5) is 4.36. The van der Waals surface area contributed by atoms with Gasteiger partial charge in [0.15, 0.2) is 0 Å². The van der Waals surface area contributed by atoms with Crippen molar-refractivity contribution in [2.24, 2.45) is 0 Å². The van der Waals surface area contributed by atoms with E-state index in [4.69, 9.17) is 11.5 Å². The second kappa shape index (κ2) is 7.03. The molecular weight excluding hydrogens is 394 g/mol. The van der Waals surface area contributed by atoms with Gasteiger partial charge in [-0.15, -0.1) is 0 Å². The van der Waals surface area contributed by atoms with Crippen molar-refractivity contribution in [2.45, 2.75) is 0 Å². The molecule has 0 aliphatic heterocycles. The quantitative estimate of drug-likeness (QED) is 0.383. The van der Waals surface area contributed by atoms with Crippen molar-refractivity contribution in [2.75, 3.05) is 11.5 Å². The third-order valence-corrected chi connectivity index (χ3v) is 5.97. The normalized spacial score (nSPS) is 11.4. The van der Waals surface area contributed by atoms with Crippen LogP contribution in [-0.2, 0) is 0 Å². The van der Waals surface area contributed by atoms with E-state index in [0.29, 0.717) is 11.4 Å². The van der Waals surface area contributed by atoms with Crippen LogP contribution in [0.15, 0.2) is 103 Å². The van der Waals surface area contributed by atoms with Gasteiger partial charge in [-0.25, -0.2) is 0 Å². The molecule has 6 rings (SSSR count). The van der Waals surface area contributed by atoms with Crippen LogP contribution in [-0.4, -0.2) is 14.1 Å². The first-order chi connectivity index (χ1) is 15.8. The van der Waals surface area contributed by atoms with Gasteiger partial charge in [0.2, 0.25) is 0 Å². The highest BCUT2D eigenvalue weighted by atomic mass is 15.1. The molecule has 3 aromatic heterocycles. The Morgan fingerprint density at radius 1 is 0.531 bits per heavy atom. The topological polar surface area (TPSA) is 74.8 Å². The maximum atomic E-state index is 6.84. The van der Waals surface area contributed by atoms with Crippen LogP contribution >= 0.6 is 0 Å². The van der Waals surface area contributed by atoms with Gasteiger partial charge in [0.25, 0.3) is 0 Å². The first kappa shape index (κ1) is 18.3.